The molecule has 2 aromatic rings. The molecular weight excluding hydrogens is 398 g/mol. The molecule has 0 radical (unpaired) electrons. The molecule has 1 amide bonds. The van der Waals surface area contributed by atoms with Gasteiger partial charge < -0.3 is 10.6 Å². The van der Waals surface area contributed by atoms with E-state index in [1.54, 1.807) is 18.2 Å². The number of anilines is 1. The van der Waals surface area contributed by atoms with E-state index in [4.69, 9.17) is 11.6 Å². The van der Waals surface area contributed by atoms with E-state index in [-0.39, 0.29) is 16.7 Å². The molecule has 0 aromatic heterocycles. The summed E-state index contributed by atoms with van der Waals surface area (Å²) < 4.78 is 28.4. The van der Waals surface area contributed by atoms with Gasteiger partial charge in [-0.25, -0.2) is 0 Å². The number of sulfonamides is 1. The topological polar surface area (TPSA) is 87.6 Å². The third-order valence-electron chi connectivity index (χ3n) is 4.40. The van der Waals surface area contributed by atoms with Crippen LogP contribution in [0.25, 0.3) is 0 Å². The minimum Gasteiger partial charge on any atom is -0.356 e. The van der Waals surface area contributed by atoms with Crippen molar-refractivity contribution >= 4 is 39.1 Å². The molecule has 2 N–H and O–H groups in total. The number of hydrogen-bond donors (Lipinski definition) is 2. The van der Waals surface area contributed by atoms with Gasteiger partial charge in [0, 0.05) is 24.4 Å². The van der Waals surface area contributed by atoms with Gasteiger partial charge in [-0.05, 0) is 42.2 Å². The molecule has 3 rings (SSSR count). The average Bonchev–Trinajstić information content (AvgIpc) is 2.62. The highest BCUT2D eigenvalue weighted by atomic mass is 35.5. The van der Waals surface area contributed by atoms with Gasteiger partial charge in [0.2, 0.25) is 5.91 Å². The fraction of sp³-hybridized carbons (Fsp3) is 0.300. The van der Waals surface area contributed by atoms with Gasteiger partial charge in [0.1, 0.15) is 10.7 Å². The quantitative estimate of drug-likeness (QED) is 0.717. The molecule has 1 atom stereocenters. The fourth-order valence-electron chi connectivity index (χ4n) is 3.04. The molecule has 0 spiro atoms. The zero-order chi connectivity index (χ0) is 20.1. The highest BCUT2D eigenvalue weighted by molar-refractivity contribution is 7.90. The second-order valence-electron chi connectivity index (χ2n) is 6.87. The molecule has 2 aromatic carbocycles. The number of para-hydroxylation sites is 1. The standard InChI is InChI=1S/C20H22ClN3O3S/c1-14(13-20(25)22-11-10-15-6-8-16(21)9-7-15)12-19-23-17-4-2-3-5-18(17)28(26,27)24-19/h2-9,14H,10-13H2,1H3,(H,22,25)(H,23,24)/t14-/m0/s1. The van der Waals surface area contributed by atoms with Gasteiger partial charge in [-0.3, -0.25) is 4.79 Å². The second kappa shape index (κ2) is 8.75. The third kappa shape index (κ3) is 5.33. The lowest BCUT2D eigenvalue weighted by Gasteiger charge is -2.20. The van der Waals surface area contributed by atoms with Crippen LogP contribution in [-0.4, -0.2) is 26.7 Å². The summed E-state index contributed by atoms with van der Waals surface area (Å²) in [6, 6.07) is 14.2. The van der Waals surface area contributed by atoms with Crippen molar-refractivity contribution in [2.24, 2.45) is 10.3 Å². The van der Waals surface area contributed by atoms with Crippen LogP contribution in [0.1, 0.15) is 25.3 Å². The molecule has 0 saturated heterocycles. The Hall–Kier alpha value is -2.38. The highest BCUT2D eigenvalue weighted by Gasteiger charge is 2.25. The van der Waals surface area contributed by atoms with Crippen molar-refractivity contribution in [2.75, 3.05) is 11.9 Å². The van der Waals surface area contributed by atoms with Gasteiger partial charge in [0.05, 0.1) is 5.69 Å². The maximum atomic E-state index is 12.3. The van der Waals surface area contributed by atoms with Crippen molar-refractivity contribution < 1.29 is 13.2 Å². The Balaban J connectivity index is 1.49. The molecule has 6 nitrogen and oxygen atoms in total. The van der Waals surface area contributed by atoms with Crippen molar-refractivity contribution in [3.05, 3.63) is 59.1 Å². The predicted octanol–water partition coefficient (Wildman–Crippen LogP) is 3.63. The number of fused-ring (bicyclic) bond motifs is 1. The molecule has 1 aliphatic heterocycles. The SMILES string of the molecule is C[C@H](CC(=O)NCCc1ccc(Cl)cc1)CC1=NS(=O)(=O)c2ccccc2N1. The van der Waals surface area contributed by atoms with E-state index in [2.05, 4.69) is 15.0 Å². The van der Waals surface area contributed by atoms with Crippen molar-refractivity contribution in [2.45, 2.75) is 31.1 Å². The lowest BCUT2D eigenvalue weighted by Crippen LogP contribution is -2.29. The van der Waals surface area contributed by atoms with Gasteiger partial charge in [-0.2, -0.15) is 8.42 Å². The Labute approximate surface area is 170 Å². The van der Waals surface area contributed by atoms with E-state index in [9.17, 15) is 13.2 Å². The zero-order valence-corrected chi connectivity index (χ0v) is 17.1. The molecular formula is C20H22ClN3O3S. The summed E-state index contributed by atoms with van der Waals surface area (Å²) in [6.45, 7) is 2.43. The fourth-order valence-corrected chi connectivity index (χ4v) is 4.33. The minimum absolute atomic E-state index is 0.0535. The molecule has 1 aliphatic rings. The first kappa shape index (κ1) is 20.4. The van der Waals surface area contributed by atoms with Gasteiger partial charge >= 0.3 is 0 Å². The van der Waals surface area contributed by atoms with Gasteiger partial charge in [-0.15, -0.1) is 4.40 Å². The van der Waals surface area contributed by atoms with Crippen LogP contribution in [0.4, 0.5) is 5.69 Å². The number of nitrogens with one attached hydrogen (secondary N) is 2. The first-order chi connectivity index (χ1) is 13.3. The van der Waals surface area contributed by atoms with Gasteiger partial charge in [-0.1, -0.05) is 42.8 Å². The summed E-state index contributed by atoms with van der Waals surface area (Å²) >= 11 is 5.86. The number of amidine groups is 1. The lowest BCUT2D eigenvalue weighted by atomic mass is 10.0. The molecule has 0 aliphatic carbocycles. The van der Waals surface area contributed by atoms with E-state index in [0.717, 1.165) is 12.0 Å². The van der Waals surface area contributed by atoms with E-state index >= 15 is 0 Å². The lowest BCUT2D eigenvalue weighted by molar-refractivity contribution is -0.121. The molecule has 0 saturated carbocycles. The highest BCUT2D eigenvalue weighted by Crippen LogP contribution is 2.28. The van der Waals surface area contributed by atoms with Crippen LogP contribution in [0.3, 0.4) is 0 Å². The number of amides is 1. The summed E-state index contributed by atoms with van der Waals surface area (Å²) in [5, 5.41) is 6.64. The maximum absolute atomic E-state index is 12.3. The van der Waals surface area contributed by atoms with Crippen LogP contribution in [0.2, 0.25) is 5.02 Å². The van der Waals surface area contributed by atoms with Crippen LogP contribution >= 0.6 is 11.6 Å². The first-order valence-electron chi connectivity index (χ1n) is 9.04. The predicted molar refractivity (Wildman–Crippen MR) is 111 cm³/mol. The summed E-state index contributed by atoms with van der Waals surface area (Å²) in [4.78, 5) is 12.3. The Morgan fingerprint density at radius 1 is 1.18 bits per heavy atom. The van der Waals surface area contributed by atoms with Crippen molar-refractivity contribution in [3.8, 4) is 0 Å². The largest absolute Gasteiger partial charge is 0.356 e. The summed E-state index contributed by atoms with van der Waals surface area (Å²) in [7, 11) is -3.70. The second-order valence-corrected chi connectivity index (χ2v) is 8.88. The summed E-state index contributed by atoms with van der Waals surface area (Å²) in [5.41, 5.74) is 1.62. The monoisotopic (exact) mass is 419 g/mol. The Morgan fingerprint density at radius 3 is 2.64 bits per heavy atom. The van der Waals surface area contributed by atoms with E-state index in [1.165, 1.54) is 6.07 Å². The van der Waals surface area contributed by atoms with Gasteiger partial charge in [0.25, 0.3) is 10.0 Å². The molecule has 0 unspecified atom stereocenters. The minimum atomic E-state index is -3.70. The van der Waals surface area contributed by atoms with Crippen LogP contribution < -0.4 is 10.6 Å². The summed E-state index contributed by atoms with van der Waals surface area (Å²) in [5.74, 6) is 0.239. The number of hydrogen-bond acceptors (Lipinski definition) is 4. The smallest absolute Gasteiger partial charge is 0.286 e. The molecule has 28 heavy (non-hydrogen) atoms. The van der Waals surface area contributed by atoms with E-state index < -0.39 is 10.0 Å². The number of halogens is 1. The van der Waals surface area contributed by atoms with Crippen molar-refractivity contribution in [1.82, 2.24) is 5.32 Å². The van der Waals surface area contributed by atoms with Crippen LogP contribution in [0.5, 0.6) is 0 Å². The number of nitrogens with zero attached hydrogens (tertiary/aromatic N) is 1. The molecule has 0 bridgehead atoms. The Kier molecular flexibility index (Phi) is 6.36. The number of rotatable bonds is 7. The van der Waals surface area contributed by atoms with Gasteiger partial charge in [0.15, 0.2) is 0 Å². The first-order valence-corrected chi connectivity index (χ1v) is 10.9. The van der Waals surface area contributed by atoms with Crippen LogP contribution in [-0.2, 0) is 21.2 Å². The molecule has 0 fully saturated rings. The van der Waals surface area contributed by atoms with Crippen molar-refractivity contribution in [3.63, 3.8) is 0 Å². The number of benzene rings is 2. The molecule has 8 heteroatoms. The maximum Gasteiger partial charge on any atom is 0.286 e. The Bertz CT molecular complexity index is 988. The zero-order valence-electron chi connectivity index (χ0n) is 15.5. The number of carbonyl (C=O) groups excluding carboxylic acids is 1. The molecule has 148 valence electrons. The summed E-state index contributed by atoms with van der Waals surface area (Å²) in [6.07, 6.45) is 1.39. The van der Waals surface area contributed by atoms with Crippen molar-refractivity contribution in [1.29, 1.82) is 0 Å². The van der Waals surface area contributed by atoms with E-state index in [1.807, 2.05) is 31.2 Å². The normalized spacial score (nSPS) is 15.7. The Morgan fingerprint density at radius 2 is 1.89 bits per heavy atom. The third-order valence-corrected chi connectivity index (χ3v) is 6.02. The van der Waals surface area contributed by atoms with E-state index in [0.29, 0.717) is 35.9 Å². The van der Waals surface area contributed by atoms with Crippen LogP contribution in [0, 0.1) is 5.92 Å². The number of carbonyl (C=O) groups is 1. The molecule has 1 heterocycles. The van der Waals surface area contributed by atoms with Crippen LogP contribution in [0.15, 0.2) is 57.8 Å². The average molecular weight is 420 g/mol.